The van der Waals surface area contributed by atoms with Gasteiger partial charge in [-0.2, -0.15) is 0 Å². The molecule has 27 heavy (non-hydrogen) atoms. The Hall–Kier alpha value is -3.21. The van der Waals surface area contributed by atoms with Crippen LogP contribution in [0.1, 0.15) is 28.5 Å². The molecule has 3 heterocycles. The van der Waals surface area contributed by atoms with Crippen LogP contribution < -0.4 is 4.74 Å². The van der Waals surface area contributed by atoms with E-state index in [1.165, 1.54) is 0 Å². The highest BCUT2D eigenvalue weighted by Crippen LogP contribution is 2.30. The van der Waals surface area contributed by atoms with Crippen molar-refractivity contribution in [2.75, 3.05) is 6.61 Å². The van der Waals surface area contributed by atoms with Gasteiger partial charge < -0.3 is 9.64 Å². The number of hydrogen-bond acceptors (Lipinski definition) is 4. The molecule has 5 heteroatoms. The average Bonchev–Trinajstić information content (AvgIpc) is 2.87. The lowest BCUT2D eigenvalue weighted by molar-refractivity contribution is 0.0645. The molecule has 136 valence electrons. The van der Waals surface area contributed by atoms with Crippen LogP contribution >= 0.6 is 0 Å². The van der Waals surface area contributed by atoms with Gasteiger partial charge in [-0.25, -0.2) is 0 Å². The average molecular weight is 359 g/mol. The summed E-state index contributed by atoms with van der Waals surface area (Å²) in [5, 5.41) is 0. The summed E-state index contributed by atoms with van der Waals surface area (Å²) < 4.78 is 5.96. The monoisotopic (exact) mass is 359 g/mol. The van der Waals surface area contributed by atoms with Gasteiger partial charge in [0.25, 0.3) is 5.91 Å². The van der Waals surface area contributed by atoms with Crippen LogP contribution in [0.25, 0.3) is 11.1 Å². The number of ether oxygens (including phenoxy) is 1. The first kappa shape index (κ1) is 17.2. The Morgan fingerprint density at radius 2 is 2.04 bits per heavy atom. The highest BCUT2D eigenvalue weighted by molar-refractivity contribution is 5.94. The number of pyridine rings is 2. The Morgan fingerprint density at radius 3 is 2.78 bits per heavy atom. The molecule has 1 atom stereocenters. The zero-order valence-corrected chi connectivity index (χ0v) is 15.4. The number of benzene rings is 1. The molecule has 1 aliphatic heterocycles. The smallest absolute Gasteiger partial charge is 0.256 e. The van der Waals surface area contributed by atoms with Crippen LogP contribution in [0.3, 0.4) is 0 Å². The van der Waals surface area contributed by atoms with E-state index in [-0.39, 0.29) is 11.9 Å². The molecule has 0 aliphatic carbocycles. The fourth-order valence-electron chi connectivity index (χ4n) is 3.23. The fourth-order valence-corrected chi connectivity index (χ4v) is 3.23. The minimum Gasteiger partial charge on any atom is -0.491 e. The Morgan fingerprint density at radius 1 is 1.15 bits per heavy atom. The number of amides is 1. The standard InChI is InChI=1S/C22H21N3O2/c1-15-5-6-19(12-24-15)22(26)25-13-20-10-17(18-4-3-9-23-11-18)7-8-21(20)27-14-16(25)2/h3-12,16H,13-14H2,1-2H3/t16-/m0/s1. The van der Waals surface area contributed by atoms with E-state index in [1.807, 2.05) is 61.3 Å². The van der Waals surface area contributed by atoms with Gasteiger partial charge >= 0.3 is 0 Å². The van der Waals surface area contributed by atoms with Crippen LogP contribution in [0.4, 0.5) is 0 Å². The molecule has 1 aliphatic rings. The zero-order valence-electron chi connectivity index (χ0n) is 15.4. The number of aromatic nitrogens is 2. The summed E-state index contributed by atoms with van der Waals surface area (Å²) in [6, 6.07) is 13.7. The zero-order chi connectivity index (χ0) is 18.8. The molecular formula is C22H21N3O2. The van der Waals surface area contributed by atoms with E-state index < -0.39 is 0 Å². The molecule has 0 unspecified atom stereocenters. The third kappa shape index (κ3) is 3.53. The van der Waals surface area contributed by atoms with E-state index in [2.05, 4.69) is 16.0 Å². The molecule has 2 aromatic heterocycles. The van der Waals surface area contributed by atoms with Crippen LogP contribution in [0.2, 0.25) is 0 Å². The second-order valence-electron chi connectivity index (χ2n) is 6.85. The molecule has 1 aromatic carbocycles. The van der Waals surface area contributed by atoms with E-state index >= 15 is 0 Å². The van der Waals surface area contributed by atoms with E-state index in [0.29, 0.717) is 18.7 Å². The predicted octanol–water partition coefficient (Wildman–Crippen LogP) is 3.88. The van der Waals surface area contributed by atoms with Crippen molar-refractivity contribution in [1.82, 2.24) is 14.9 Å². The number of carbonyl (C=O) groups is 1. The SMILES string of the molecule is Cc1ccc(C(=O)N2Cc3cc(-c4cccnc4)ccc3OC[C@@H]2C)cn1. The summed E-state index contributed by atoms with van der Waals surface area (Å²) >= 11 is 0. The fraction of sp³-hybridized carbons (Fsp3) is 0.227. The number of hydrogen-bond donors (Lipinski definition) is 0. The van der Waals surface area contributed by atoms with Crippen molar-refractivity contribution in [3.05, 3.63) is 77.9 Å². The van der Waals surface area contributed by atoms with E-state index in [9.17, 15) is 4.79 Å². The third-order valence-corrected chi connectivity index (χ3v) is 4.83. The third-order valence-electron chi connectivity index (χ3n) is 4.83. The van der Waals surface area contributed by atoms with Crippen LogP contribution in [0.15, 0.2) is 61.1 Å². The lowest BCUT2D eigenvalue weighted by atomic mass is 10.0. The predicted molar refractivity (Wildman–Crippen MR) is 103 cm³/mol. The van der Waals surface area contributed by atoms with Crippen molar-refractivity contribution in [3.63, 3.8) is 0 Å². The van der Waals surface area contributed by atoms with Crippen molar-refractivity contribution < 1.29 is 9.53 Å². The summed E-state index contributed by atoms with van der Waals surface area (Å²) in [4.78, 5) is 23.4. The van der Waals surface area contributed by atoms with Crippen LogP contribution in [-0.2, 0) is 6.54 Å². The van der Waals surface area contributed by atoms with Gasteiger partial charge in [0.15, 0.2) is 0 Å². The summed E-state index contributed by atoms with van der Waals surface area (Å²) in [7, 11) is 0. The Bertz CT molecular complexity index is 955. The van der Waals surface area contributed by atoms with Crippen molar-refractivity contribution in [2.45, 2.75) is 26.4 Å². The lowest BCUT2D eigenvalue weighted by Gasteiger charge is -2.26. The summed E-state index contributed by atoms with van der Waals surface area (Å²) in [6.45, 7) is 4.88. The molecule has 1 amide bonds. The highest BCUT2D eigenvalue weighted by Gasteiger charge is 2.27. The van der Waals surface area contributed by atoms with Gasteiger partial charge in [0.05, 0.1) is 18.2 Å². The first-order valence-corrected chi connectivity index (χ1v) is 9.01. The summed E-state index contributed by atoms with van der Waals surface area (Å²) in [5.41, 5.74) is 4.58. The van der Waals surface area contributed by atoms with Gasteiger partial charge in [-0.15, -0.1) is 0 Å². The van der Waals surface area contributed by atoms with Crippen LogP contribution in [0.5, 0.6) is 5.75 Å². The van der Waals surface area contributed by atoms with Gasteiger partial charge in [-0.05, 0) is 49.7 Å². The van der Waals surface area contributed by atoms with E-state index in [4.69, 9.17) is 4.74 Å². The van der Waals surface area contributed by atoms with Crippen molar-refractivity contribution in [3.8, 4) is 16.9 Å². The number of aryl methyl sites for hydroxylation is 1. The van der Waals surface area contributed by atoms with Crippen LogP contribution in [-0.4, -0.2) is 33.4 Å². The molecule has 0 saturated carbocycles. The van der Waals surface area contributed by atoms with Crippen molar-refractivity contribution >= 4 is 5.91 Å². The highest BCUT2D eigenvalue weighted by atomic mass is 16.5. The maximum absolute atomic E-state index is 13.1. The van der Waals surface area contributed by atoms with Gasteiger partial charge in [-0.1, -0.05) is 12.1 Å². The lowest BCUT2D eigenvalue weighted by Crippen LogP contribution is -2.39. The molecule has 0 spiro atoms. The molecule has 0 radical (unpaired) electrons. The van der Waals surface area contributed by atoms with Gasteiger partial charge in [-0.3, -0.25) is 14.8 Å². The minimum atomic E-state index is -0.0342. The normalized spacial score (nSPS) is 16.2. The summed E-state index contributed by atoms with van der Waals surface area (Å²) in [5.74, 6) is 0.796. The van der Waals surface area contributed by atoms with Gasteiger partial charge in [0.1, 0.15) is 12.4 Å². The second-order valence-corrected chi connectivity index (χ2v) is 6.85. The van der Waals surface area contributed by atoms with Crippen LogP contribution in [0, 0.1) is 6.92 Å². The topological polar surface area (TPSA) is 55.3 Å². The molecule has 4 rings (SSSR count). The molecule has 5 nitrogen and oxygen atoms in total. The Kier molecular flexibility index (Phi) is 4.59. The number of carbonyl (C=O) groups excluding carboxylic acids is 1. The second kappa shape index (κ2) is 7.19. The number of nitrogens with zero attached hydrogens (tertiary/aromatic N) is 3. The van der Waals surface area contributed by atoms with Crippen molar-refractivity contribution in [1.29, 1.82) is 0 Å². The van der Waals surface area contributed by atoms with Gasteiger partial charge in [0, 0.05) is 35.4 Å². The maximum Gasteiger partial charge on any atom is 0.256 e. The van der Waals surface area contributed by atoms with Gasteiger partial charge in [0.2, 0.25) is 0 Å². The quantitative estimate of drug-likeness (QED) is 0.697. The number of fused-ring (bicyclic) bond motifs is 1. The van der Waals surface area contributed by atoms with E-state index in [1.54, 1.807) is 12.4 Å². The molecule has 0 bridgehead atoms. The van der Waals surface area contributed by atoms with E-state index in [0.717, 1.165) is 28.1 Å². The van der Waals surface area contributed by atoms with Crippen molar-refractivity contribution in [2.24, 2.45) is 0 Å². The summed E-state index contributed by atoms with van der Waals surface area (Å²) in [6.07, 6.45) is 5.24. The first-order valence-electron chi connectivity index (χ1n) is 9.01. The molecule has 0 saturated heterocycles. The first-order chi connectivity index (χ1) is 13.1. The Labute approximate surface area is 158 Å². The molecule has 3 aromatic rings. The Balaban J connectivity index is 1.67. The molecule has 0 N–H and O–H groups in total. The maximum atomic E-state index is 13.1. The largest absolute Gasteiger partial charge is 0.491 e. The minimum absolute atomic E-state index is 0.0294. The number of rotatable bonds is 2. The molecular weight excluding hydrogens is 338 g/mol. The molecule has 0 fully saturated rings.